The van der Waals surface area contributed by atoms with E-state index < -0.39 is 0 Å². The van der Waals surface area contributed by atoms with E-state index in [1.54, 1.807) is 31.2 Å². The Hall–Kier alpha value is -1.94. The van der Waals surface area contributed by atoms with Crippen LogP contribution in [0, 0.1) is 18.6 Å². The average molecular weight is 277 g/mol. The lowest BCUT2D eigenvalue weighted by Crippen LogP contribution is -2.07. The summed E-state index contributed by atoms with van der Waals surface area (Å²) in [6.45, 7) is 2.42. The van der Waals surface area contributed by atoms with Gasteiger partial charge in [-0.05, 0) is 43.3 Å². The first-order valence-electron chi connectivity index (χ1n) is 6.41. The van der Waals surface area contributed by atoms with Crippen molar-refractivity contribution < 1.29 is 13.5 Å². The van der Waals surface area contributed by atoms with Gasteiger partial charge in [-0.1, -0.05) is 12.1 Å². The molecule has 0 aromatic heterocycles. The minimum Gasteiger partial charge on any atom is -0.489 e. The Balaban J connectivity index is 2.09. The van der Waals surface area contributed by atoms with Gasteiger partial charge >= 0.3 is 0 Å². The second-order valence-electron chi connectivity index (χ2n) is 4.66. The standard InChI is InChI=1S/C16H17F2NO/c1-11-3-5-14(8-16(11)18)20-10-13-7-12(9-19-2)4-6-15(13)17/h3-8,19H,9-10H2,1-2H3. The number of halogens is 2. The highest BCUT2D eigenvalue weighted by Crippen LogP contribution is 2.18. The molecule has 0 heterocycles. The van der Waals surface area contributed by atoms with Gasteiger partial charge in [-0.3, -0.25) is 0 Å². The summed E-state index contributed by atoms with van der Waals surface area (Å²) in [5.74, 6) is -0.254. The van der Waals surface area contributed by atoms with Crippen LogP contribution >= 0.6 is 0 Å². The highest BCUT2D eigenvalue weighted by atomic mass is 19.1. The molecular weight excluding hydrogens is 260 g/mol. The molecule has 0 atom stereocenters. The van der Waals surface area contributed by atoms with Crippen LogP contribution in [-0.4, -0.2) is 7.05 Å². The number of aryl methyl sites for hydroxylation is 1. The molecule has 0 aliphatic rings. The number of benzene rings is 2. The summed E-state index contributed by atoms with van der Waals surface area (Å²) in [7, 11) is 1.83. The Bertz CT molecular complexity index is 599. The van der Waals surface area contributed by atoms with Gasteiger partial charge in [0.05, 0.1) is 0 Å². The smallest absolute Gasteiger partial charge is 0.129 e. The van der Waals surface area contributed by atoms with Gasteiger partial charge in [-0.2, -0.15) is 0 Å². The van der Waals surface area contributed by atoms with Crippen LogP contribution in [0.1, 0.15) is 16.7 Å². The molecule has 2 aromatic carbocycles. The first kappa shape index (κ1) is 14.5. The van der Waals surface area contributed by atoms with E-state index in [-0.39, 0.29) is 18.2 Å². The van der Waals surface area contributed by atoms with E-state index in [0.717, 1.165) is 5.56 Å². The van der Waals surface area contributed by atoms with Crippen LogP contribution in [-0.2, 0) is 13.2 Å². The third kappa shape index (κ3) is 3.54. The number of nitrogens with one attached hydrogen (secondary N) is 1. The zero-order valence-electron chi connectivity index (χ0n) is 11.5. The molecular formula is C16H17F2NO. The summed E-state index contributed by atoms with van der Waals surface area (Å²) in [6, 6.07) is 9.51. The van der Waals surface area contributed by atoms with Crippen molar-refractivity contribution in [1.82, 2.24) is 5.32 Å². The molecule has 0 amide bonds. The molecule has 0 saturated heterocycles. The topological polar surface area (TPSA) is 21.3 Å². The van der Waals surface area contributed by atoms with E-state index in [1.165, 1.54) is 12.1 Å². The molecule has 0 aliphatic heterocycles. The molecule has 0 fully saturated rings. The van der Waals surface area contributed by atoms with Gasteiger partial charge in [-0.15, -0.1) is 0 Å². The quantitative estimate of drug-likeness (QED) is 0.902. The van der Waals surface area contributed by atoms with Gasteiger partial charge in [0.2, 0.25) is 0 Å². The first-order chi connectivity index (χ1) is 9.60. The van der Waals surface area contributed by atoms with Gasteiger partial charge < -0.3 is 10.1 Å². The molecule has 0 aliphatic carbocycles. The van der Waals surface area contributed by atoms with Crippen molar-refractivity contribution in [3.63, 3.8) is 0 Å². The molecule has 106 valence electrons. The summed E-state index contributed by atoms with van der Waals surface area (Å²) < 4.78 is 32.5. The monoisotopic (exact) mass is 277 g/mol. The van der Waals surface area contributed by atoms with E-state index in [1.807, 2.05) is 7.05 Å². The van der Waals surface area contributed by atoms with Crippen LogP contribution in [0.2, 0.25) is 0 Å². The molecule has 0 saturated carbocycles. The van der Waals surface area contributed by atoms with Crippen molar-refractivity contribution >= 4 is 0 Å². The van der Waals surface area contributed by atoms with Crippen LogP contribution in [0.3, 0.4) is 0 Å². The summed E-state index contributed by atoms with van der Waals surface area (Å²) >= 11 is 0. The van der Waals surface area contributed by atoms with Crippen LogP contribution < -0.4 is 10.1 Å². The van der Waals surface area contributed by atoms with Crippen LogP contribution in [0.15, 0.2) is 36.4 Å². The molecule has 1 N–H and O–H groups in total. The van der Waals surface area contributed by atoms with E-state index >= 15 is 0 Å². The van der Waals surface area contributed by atoms with Crippen molar-refractivity contribution in [2.45, 2.75) is 20.1 Å². The maximum absolute atomic E-state index is 13.7. The van der Waals surface area contributed by atoms with E-state index in [9.17, 15) is 8.78 Å². The van der Waals surface area contributed by atoms with Crippen molar-refractivity contribution in [3.8, 4) is 5.75 Å². The van der Waals surface area contributed by atoms with Crippen LogP contribution in [0.5, 0.6) is 5.75 Å². The molecule has 2 nitrogen and oxygen atoms in total. The summed E-state index contributed by atoms with van der Waals surface area (Å²) in [6.07, 6.45) is 0. The molecule has 0 radical (unpaired) electrons. The van der Waals surface area contributed by atoms with Gasteiger partial charge in [0.1, 0.15) is 24.0 Å². The number of hydrogen-bond donors (Lipinski definition) is 1. The Morgan fingerprint density at radius 3 is 2.55 bits per heavy atom. The molecule has 20 heavy (non-hydrogen) atoms. The summed E-state index contributed by atoms with van der Waals surface area (Å²) in [4.78, 5) is 0. The predicted octanol–water partition coefficient (Wildman–Crippen LogP) is 3.57. The highest BCUT2D eigenvalue weighted by Gasteiger charge is 2.06. The fraction of sp³-hybridized carbons (Fsp3) is 0.250. The van der Waals surface area contributed by atoms with Crippen molar-refractivity contribution in [2.24, 2.45) is 0 Å². The Kier molecular flexibility index (Phi) is 4.69. The highest BCUT2D eigenvalue weighted by molar-refractivity contribution is 5.29. The van der Waals surface area contributed by atoms with E-state index in [2.05, 4.69) is 5.32 Å². The zero-order valence-corrected chi connectivity index (χ0v) is 11.5. The Morgan fingerprint density at radius 1 is 1.05 bits per heavy atom. The van der Waals surface area contributed by atoms with Crippen molar-refractivity contribution in [1.29, 1.82) is 0 Å². The summed E-state index contributed by atoms with van der Waals surface area (Å²) in [5.41, 5.74) is 1.99. The van der Waals surface area contributed by atoms with Gasteiger partial charge in [0, 0.05) is 18.2 Å². The number of rotatable bonds is 5. The summed E-state index contributed by atoms with van der Waals surface area (Å²) in [5, 5.41) is 3.01. The van der Waals surface area contributed by atoms with Gasteiger partial charge in [0.25, 0.3) is 0 Å². The molecule has 0 unspecified atom stereocenters. The van der Waals surface area contributed by atoms with Crippen molar-refractivity contribution in [3.05, 3.63) is 64.7 Å². The van der Waals surface area contributed by atoms with Gasteiger partial charge in [-0.25, -0.2) is 8.78 Å². The second-order valence-corrected chi connectivity index (χ2v) is 4.66. The predicted molar refractivity (Wildman–Crippen MR) is 74.6 cm³/mol. The second kappa shape index (κ2) is 6.48. The van der Waals surface area contributed by atoms with Crippen LogP contribution in [0.4, 0.5) is 8.78 Å². The maximum atomic E-state index is 13.7. The lowest BCUT2D eigenvalue weighted by molar-refractivity contribution is 0.298. The average Bonchev–Trinajstić information content (AvgIpc) is 2.43. The normalized spacial score (nSPS) is 10.6. The van der Waals surface area contributed by atoms with E-state index in [4.69, 9.17) is 4.74 Å². The SMILES string of the molecule is CNCc1ccc(F)c(COc2ccc(C)c(F)c2)c1. The fourth-order valence-electron chi connectivity index (χ4n) is 1.88. The largest absolute Gasteiger partial charge is 0.489 e. The Labute approximate surface area is 117 Å². The zero-order chi connectivity index (χ0) is 14.5. The molecule has 4 heteroatoms. The molecule has 2 aromatic rings. The maximum Gasteiger partial charge on any atom is 0.129 e. The lowest BCUT2D eigenvalue weighted by atomic mass is 10.1. The van der Waals surface area contributed by atoms with Crippen LogP contribution in [0.25, 0.3) is 0 Å². The molecule has 0 spiro atoms. The minimum absolute atomic E-state index is 0.0753. The lowest BCUT2D eigenvalue weighted by Gasteiger charge is -2.09. The van der Waals surface area contributed by atoms with Gasteiger partial charge in [0.15, 0.2) is 0 Å². The van der Waals surface area contributed by atoms with E-state index in [0.29, 0.717) is 23.4 Å². The third-order valence-electron chi connectivity index (χ3n) is 3.03. The van der Waals surface area contributed by atoms with Crippen molar-refractivity contribution in [2.75, 3.05) is 7.05 Å². The fourth-order valence-corrected chi connectivity index (χ4v) is 1.88. The third-order valence-corrected chi connectivity index (χ3v) is 3.03. The number of hydrogen-bond acceptors (Lipinski definition) is 2. The molecule has 0 bridgehead atoms. The molecule has 2 rings (SSSR count). The minimum atomic E-state index is -0.327. The Morgan fingerprint density at radius 2 is 1.85 bits per heavy atom. The first-order valence-corrected chi connectivity index (χ1v) is 6.41. The number of ether oxygens (including phenoxy) is 1.